The highest BCUT2D eigenvalue weighted by Crippen LogP contribution is 2.35. The Balaban J connectivity index is 3.04. The van der Waals surface area contributed by atoms with E-state index in [-0.39, 0.29) is 13.3 Å². The van der Waals surface area contributed by atoms with Crippen molar-refractivity contribution in [2.24, 2.45) is 0 Å². The van der Waals surface area contributed by atoms with E-state index in [2.05, 4.69) is 4.52 Å². The lowest BCUT2D eigenvalue weighted by Crippen LogP contribution is -1.92. The van der Waals surface area contributed by atoms with Gasteiger partial charge in [-0.3, -0.25) is 8.91 Å². The molecule has 6 heteroatoms. The zero-order chi connectivity index (χ0) is 10.2. The molecular formula is C7H16FO4P. The molecule has 0 aromatic heterocycles. The van der Waals surface area contributed by atoms with Gasteiger partial charge in [-0.05, 0) is 12.8 Å². The fourth-order valence-corrected chi connectivity index (χ4v) is 1.28. The number of hydrogen-bond donors (Lipinski definition) is 2. The van der Waals surface area contributed by atoms with Gasteiger partial charge < -0.3 is 9.79 Å². The standard InChI is InChI=1S/C7H16FO4P/c8-6-4-2-1-3-5-7-12-13(9,10)11/h1-7H2,(H2,9,10,11). The lowest BCUT2D eigenvalue weighted by atomic mass is 10.2. The van der Waals surface area contributed by atoms with Crippen LogP contribution >= 0.6 is 7.82 Å². The Labute approximate surface area is 77.3 Å². The van der Waals surface area contributed by atoms with Crippen LogP contribution in [0, 0.1) is 0 Å². The summed E-state index contributed by atoms with van der Waals surface area (Å²) in [5.74, 6) is 0. The Hall–Kier alpha value is 0.0400. The number of phosphoric acid groups is 1. The summed E-state index contributed by atoms with van der Waals surface area (Å²) in [7, 11) is -4.29. The van der Waals surface area contributed by atoms with Crippen molar-refractivity contribution < 1.29 is 23.3 Å². The van der Waals surface area contributed by atoms with Crippen LogP contribution in [0.2, 0.25) is 0 Å². The maximum Gasteiger partial charge on any atom is 0.469 e. The first-order chi connectivity index (χ1) is 6.06. The normalized spacial score (nSPS) is 11.9. The molecule has 0 saturated heterocycles. The zero-order valence-corrected chi connectivity index (χ0v) is 8.38. The Kier molecular flexibility index (Phi) is 7.47. The summed E-state index contributed by atoms with van der Waals surface area (Å²) in [6, 6.07) is 0. The monoisotopic (exact) mass is 214 g/mol. The summed E-state index contributed by atoms with van der Waals surface area (Å²) >= 11 is 0. The van der Waals surface area contributed by atoms with E-state index in [1.54, 1.807) is 0 Å². The largest absolute Gasteiger partial charge is 0.469 e. The van der Waals surface area contributed by atoms with Crippen molar-refractivity contribution in [2.45, 2.75) is 32.1 Å². The first-order valence-electron chi connectivity index (χ1n) is 4.32. The minimum absolute atomic E-state index is 0.0693. The van der Waals surface area contributed by atoms with Gasteiger partial charge in [0.1, 0.15) is 0 Å². The van der Waals surface area contributed by atoms with E-state index in [9.17, 15) is 8.96 Å². The minimum atomic E-state index is -4.29. The molecule has 0 aliphatic rings. The smallest absolute Gasteiger partial charge is 0.303 e. The number of alkyl halides is 1. The van der Waals surface area contributed by atoms with E-state index in [4.69, 9.17) is 9.79 Å². The SMILES string of the molecule is O=P(O)(O)OCCCCCCCF. The molecule has 13 heavy (non-hydrogen) atoms. The highest BCUT2D eigenvalue weighted by Gasteiger charge is 2.12. The second-order valence-corrected chi connectivity index (χ2v) is 4.02. The number of hydrogen-bond acceptors (Lipinski definition) is 2. The van der Waals surface area contributed by atoms with Gasteiger partial charge in [0.2, 0.25) is 0 Å². The fraction of sp³-hybridized carbons (Fsp3) is 1.00. The van der Waals surface area contributed by atoms with Gasteiger partial charge >= 0.3 is 7.82 Å². The summed E-state index contributed by atoms with van der Waals surface area (Å²) < 4.78 is 26.0. The lowest BCUT2D eigenvalue weighted by molar-refractivity contribution is 0.193. The molecule has 0 heterocycles. The van der Waals surface area contributed by atoms with Gasteiger partial charge in [-0.25, -0.2) is 4.57 Å². The third-order valence-corrected chi connectivity index (χ3v) is 2.06. The van der Waals surface area contributed by atoms with Gasteiger partial charge in [-0.1, -0.05) is 19.3 Å². The molecule has 0 aromatic rings. The molecule has 0 bridgehead atoms. The summed E-state index contributed by atoms with van der Waals surface area (Å²) in [6.07, 6.45) is 3.71. The predicted octanol–water partition coefficient (Wildman–Crippen LogP) is 2.02. The topological polar surface area (TPSA) is 66.8 Å². The summed E-state index contributed by atoms with van der Waals surface area (Å²) in [6.45, 7) is -0.223. The van der Waals surface area contributed by atoms with E-state index >= 15 is 0 Å². The van der Waals surface area contributed by atoms with Crippen LogP contribution in [0.4, 0.5) is 4.39 Å². The van der Waals surface area contributed by atoms with Crippen LogP contribution in [0.1, 0.15) is 32.1 Å². The van der Waals surface area contributed by atoms with Crippen LogP contribution in [-0.4, -0.2) is 23.1 Å². The third-order valence-electron chi connectivity index (χ3n) is 1.54. The van der Waals surface area contributed by atoms with E-state index in [1.807, 2.05) is 0 Å². The van der Waals surface area contributed by atoms with E-state index in [1.165, 1.54) is 0 Å². The number of halogens is 1. The first-order valence-corrected chi connectivity index (χ1v) is 5.85. The maximum absolute atomic E-state index is 11.6. The second-order valence-electron chi connectivity index (χ2n) is 2.78. The molecule has 0 saturated carbocycles. The molecule has 0 rings (SSSR count). The van der Waals surface area contributed by atoms with Crippen molar-refractivity contribution in [2.75, 3.05) is 13.3 Å². The Morgan fingerprint density at radius 3 is 2.15 bits per heavy atom. The molecule has 0 radical (unpaired) electrons. The van der Waals surface area contributed by atoms with Crippen molar-refractivity contribution >= 4 is 7.82 Å². The quantitative estimate of drug-likeness (QED) is 0.479. The first kappa shape index (κ1) is 13.0. The second kappa shape index (κ2) is 7.44. The zero-order valence-electron chi connectivity index (χ0n) is 7.49. The van der Waals surface area contributed by atoms with Gasteiger partial charge in [-0.15, -0.1) is 0 Å². The van der Waals surface area contributed by atoms with Gasteiger partial charge in [0, 0.05) is 0 Å². The van der Waals surface area contributed by atoms with Crippen molar-refractivity contribution in [1.82, 2.24) is 0 Å². The van der Waals surface area contributed by atoms with Gasteiger partial charge in [0.15, 0.2) is 0 Å². The highest BCUT2D eigenvalue weighted by atomic mass is 31.2. The molecule has 0 fully saturated rings. The average molecular weight is 214 g/mol. The van der Waals surface area contributed by atoms with Gasteiger partial charge in [-0.2, -0.15) is 0 Å². The number of unbranched alkanes of at least 4 members (excludes halogenated alkanes) is 4. The van der Waals surface area contributed by atoms with E-state index in [0.29, 0.717) is 12.8 Å². The van der Waals surface area contributed by atoms with Gasteiger partial charge in [0.25, 0.3) is 0 Å². The molecular weight excluding hydrogens is 198 g/mol. The summed E-state index contributed by atoms with van der Waals surface area (Å²) in [4.78, 5) is 16.6. The molecule has 80 valence electrons. The molecule has 2 N–H and O–H groups in total. The molecule has 0 spiro atoms. The number of rotatable bonds is 8. The van der Waals surface area contributed by atoms with Crippen molar-refractivity contribution in [3.8, 4) is 0 Å². The third kappa shape index (κ3) is 12.0. The Bertz CT molecular complexity index is 159. The predicted molar refractivity (Wildman–Crippen MR) is 47.1 cm³/mol. The average Bonchev–Trinajstić information content (AvgIpc) is 2.01. The minimum Gasteiger partial charge on any atom is -0.303 e. The van der Waals surface area contributed by atoms with Crippen LogP contribution in [0.15, 0.2) is 0 Å². The van der Waals surface area contributed by atoms with Crippen LogP contribution in [0.25, 0.3) is 0 Å². The molecule has 0 aliphatic heterocycles. The summed E-state index contributed by atoms with van der Waals surface area (Å²) in [5, 5.41) is 0. The Morgan fingerprint density at radius 1 is 1.08 bits per heavy atom. The van der Waals surface area contributed by atoms with Crippen molar-refractivity contribution in [3.63, 3.8) is 0 Å². The van der Waals surface area contributed by atoms with Crippen LogP contribution in [0.3, 0.4) is 0 Å². The molecule has 0 atom stereocenters. The highest BCUT2D eigenvalue weighted by molar-refractivity contribution is 7.46. The maximum atomic E-state index is 11.6. The van der Waals surface area contributed by atoms with E-state index in [0.717, 1.165) is 19.3 Å². The van der Waals surface area contributed by atoms with Crippen LogP contribution < -0.4 is 0 Å². The van der Waals surface area contributed by atoms with Crippen molar-refractivity contribution in [3.05, 3.63) is 0 Å². The lowest BCUT2D eigenvalue weighted by Gasteiger charge is -2.04. The fourth-order valence-electron chi connectivity index (χ4n) is 0.910. The molecule has 0 aromatic carbocycles. The molecule has 0 aliphatic carbocycles. The van der Waals surface area contributed by atoms with Crippen molar-refractivity contribution in [1.29, 1.82) is 0 Å². The van der Waals surface area contributed by atoms with Crippen LogP contribution in [-0.2, 0) is 9.09 Å². The Morgan fingerprint density at radius 2 is 1.62 bits per heavy atom. The van der Waals surface area contributed by atoms with Crippen LogP contribution in [0.5, 0.6) is 0 Å². The molecule has 4 nitrogen and oxygen atoms in total. The van der Waals surface area contributed by atoms with E-state index < -0.39 is 7.82 Å². The number of phosphoric ester groups is 1. The molecule has 0 amide bonds. The molecule has 0 unspecified atom stereocenters. The van der Waals surface area contributed by atoms with Gasteiger partial charge in [0.05, 0.1) is 13.3 Å². The summed E-state index contributed by atoms with van der Waals surface area (Å²) in [5.41, 5.74) is 0.